The monoisotopic (exact) mass is 286 g/mol. The van der Waals surface area contributed by atoms with Gasteiger partial charge >= 0.3 is 0 Å². The number of fused-ring (bicyclic) bond motifs is 2. The highest BCUT2D eigenvalue weighted by Gasteiger charge is 2.08. The number of H-pyrrole nitrogens is 1. The van der Waals surface area contributed by atoms with E-state index in [0.717, 1.165) is 0 Å². The van der Waals surface area contributed by atoms with Crippen molar-refractivity contribution in [3.63, 3.8) is 0 Å². The number of aromatic nitrogens is 3. The number of rotatable bonds is 2. The maximum Gasteiger partial charge on any atom is 0.280 e. The summed E-state index contributed by atoms with van der Waals surface area (Å²) in [5.74, 6) is 0. The molecule has 0 saturated heterocycles. The highest BCUT2D eigenvalue weighted by molar-refractivity contribution is 7.80. The molecule has 8 heteroatoms. The molecular weight excluding hydrogens is 276 g/mol. The molecule has 1 aromatic carbocycles. The number of benzene rings is 1. The van der Waals surface area contributed by atoms with Gasteiger partial charge in [0.15, 0.2) is 10.8 Å². The summed E-state index contributed by atoms with van der Waals surface area (Å²) < 4.78 is 1.37. The Labute approximate surface area is 118 Å². The molecule has 0 radical (unpaired) electrons. The van der Waals surface area contributed by atoms with Gasteiger partial charge in [-0.25, -0.2) is 9.50 Å². The fraction of sp³-hybridized carbons (Fsp3) is 0. The van der Waals surface area contributed by atoms with E-state index >= 15 is 0 Å². The van der Waals surface area contributed by atoms with Gasteiger partial charge in [0.25, 0.3) is 5.56 Å². The van der Waals surface area contributed by atoms with E-state index in [1.807, 2.05) is 6.07 Å². The Kier molecular flexibility index (Phi) is 2.92. The second-order valence-electron chi connectivity index (χ2n) is 4.06. The highest BCUT2D eigenvalue weighted by atomic mass is 32.1. The van der Waals surface area contributed by atoms with E-state index in [0.29, 0.717) is 22.1 Å². The number of aromatic amines is 1. The summed E-state index contributed by atoms with van der Waals surface area (Å²) in [6.07, 6.45) is 3.12. The number of hydrogen-bond acceptors (Lipinski definition) is 4. The molecule has 0 aliphatic heterocycles. The third-order valence-corrected chi connectivity index (χ3v) is 2.85. The predicted molar refractivity (Wildman–Crippen MR) is 80.8 cm³/mol. The molecular formula is C12H10N6OS. The minimum absolute atomic E-state index is 0.0664. The lowest BCUT2D eigenvalue weighted by molar-refractivity contribution is 0.915. The van der Waals surface area contributed by atoms with Crippen LogP contribution in [0.4, 0.5) is 0 Å². The highest BCUT2D eigenvalue weighted by Crippen LogP contribution is 2.10. The molecule has 100 valence electrons. The Hall–Kier alpha value is -2.74. The lowest BCUT2D eigenvalue weighted by Gasteiger charge is -1.98. The molecule has 0 amide bonds. The molecule has 4 N–H and O–H groups in total. The van der Waals surface area contributed by atoms with Crippen molar-refractivity contribution < 1.29 is 0 Å². The second kappa shape index (κ2) is 4.74. The zero-order valence-electron chi connectivity index (χ0n) is 10.2. The van der Waals surface area contributed by atoms with E-state index in [-0.39, 0.29) is 10.7 Å². The van der Waals surface area contributed by atoms with Gasteiger partial charge in [-0.3, -0.25) is 15.3 Å². The SMILES string of the molecule is NC(=S)N/N=C/c1c[nH]n2c(=O)c3ccccc3nc12. The van der Waals surface area contributed by atoms with Crippen LogP contribution in [0, 0.1) is 0 Å². The van der Waals surface area contributed by atoms with Gasteiger partial charge in [-0.05, 0) is 24.4 Å². The fourth-order valence-corrected chi connectivity index (χ4v) is 1.96. The number of para-hydroxylation sites is 1. The molecule has 3 rings (SSSR count). The van der Waals surface area contributed by atoms with E-state index in [2.05, 4.69) is 32.8 Å². The summed E-state index contributed by atoms with van der Waals surface area (Å²) in [5.41, 5.74) is 9.33. The Morgan fingerprint density at radius 1 is 1.50 bits per heavy atom. The molecule has 0 fully saturated rings. The minimum Gasteiger partial charge on any atom is -0.375 e. The number of nitrogens with two attached hydrogens (primary N) is 1. The first-order valence-electron chi connectivity index (χ1n) is 5.74. The number of hydrogen-bond donors (Lipinski definition) is 3. The van der Waals surface area contributed by atoms with Crippen molar-refractivity contribution in [2.75, 3.05) is 0 Å². The van der Waals surface area contributed by atoms with Crippen LogP contribution in [0.5, 0.6) is 0 Å². The normalized spacial score (nSPS) is 11.4. The van der Waals surface area contributed by atoms with Crippen LogP contribution in [0.25, 0.3) is 16.6 Å². The van der Waals surface area contributed by atoms with Crippen LogP contribution in [0.1, 0.15) is 5.56 Å². The summed E-state index contributed by atoms with van der Waals surface area (Å²) >= 11 is 4.64. The maximum absolute atomic E-state index is 12.3. The number of thiocarbonyl (C=S) groups is 1. The first kappa shape index (κ1) is 12.3. The summed E-state index contributed by atoms with van der Waals surface area (Å²) in [6.45, 7) is 0. The maximum atomic E-state index is 12.3. The van der Waals surface area contributed by atoms with Gasteiger partial charge in [0.1, 0.15) is 0 Å². The topological polar surface area (TPSA) is 101 Å². The molecule has 7 nitrogen and oxygen atoms in total. The van der Waals surface area contributed by atoms with E-state index < -0.39 is 0 Å². The molecule has 3 aromatic rings. The van der Waals surface area contributed by atoms with Crippen molar-refractivity contribution in [1.29, 1.82) is 0 Å². The van der Waals surface area contributed by atoms with Gasteiger partial charge in [0.2, 0.25) is 0 Å². The van der Waals surface area contributed by atoms with E-state index in [4.69, 9.17) is 5.73 Å². The summed E-state index contributed by atoms with van der Waals surface area (Å²) in [7, 11) is 0. The van der Waals surface area contributed by atoms with Crippen LogP contribution in [0.2, 0.25) is 0 Å². The van der Waals surface area contributed by atoms with Gasteiger partial charge in [-0.2, -0.15) is 5.10 Å². The number of hydrazone groups is 1. The van der Waals surface area contributed by atoms with Gasteiger partial charge in [-0.1, -0.05) is 12.1 Å². The van der Waals surface area contributed by atoms with Crippen LogP contribution in [-0.4, -0.2) is 25.9 Å². The molecule has 2 aromatic heterocycles. The van der Waals surface area contributed by atoms with E-state index in [1.54, 1.807) is 24.4 Å². The molecule has 0 saturated carbocycles. The molecule has 0 aliphatic rings. The van der Waals surface area contributed by atoms with Crippen molar-refractivity contribution >= 4 is 40.1 Å². The fourth-order valence-electron chi connectivity index (χ4n) is 1.91. The van der Waals surface area contributed by atoms with Gasteiger partial charge in [-0.15, -0.1) is 0 Å². The Balaban J connectivity index is 2.19. The molecule has 20 heavy (non-hydrogen) atoms. The van der Waals surface area contributed by atoms with Gasteiger partial charge < -0.3 is 5.73 Å². The summed E-state index contributed by atoms with van der Waals surface area (Å²) in [6, 6.07) is 7.16. The van der Waals surface area contributed by atoms with Gasteiger partial charge in [0, 0.05) is 6.20 Å². The zero-order chi connectivity index (χ0) is 14.1. The summed E-state index contributed by atoms with van der Waals surface area (Å²) in [4.78, 5) is 16.7. The Bertz CT molecular complexity index is 894. The number of nitrogens with one attached hydrogen (secondary N) is 2. The molecule has 0 unspecified atom stereocenters. The van der Waals surface area contributed by atoms with Crippen molar-refractivity contribution in [3.8, 4) is 0 Å². The molecule has 0 spiro atoms. The molecule has 0 atom stereocenters. The van der Waals surface area contributed by atoms with Gasteiger partial charge in [0.05, 0.1) is 22.7 Å². The van der Waals surface area contributed by atoms with Crippen molar-refractivity contribution in [2.45, 2.75) is 0 Å². The average molecular weight is 286 g/mol. The van der Waals surface area contributed by atoms with Crippen LogP contribution in [0.15, 0.2) is 40.4 Å². The third kappa shape index (κ3) is 2.01. The quantitative estimate of drug-likeness (QED) is 0.358. The molecule has 0 bridgehead atoms. The minimum atomic E-state index is -0.160. The standard InChI is InChI=1S/C12H10N6OS/c13-12(20)17-14-5-7-6-15-18-10(7)16-9-4-2-1-3-8(9)11(18)19/h1-6,15H,(H3,13,17,20)/b14-5+. The zero-order valence-corrected chi connectivity index (χ0v) is 11.0. The predicted octanol–water partition coefficient (Wildman–Crippen LogP) is 0.343. The van der Waals surface area contributed by atoms with Crippen molar-refractivity contribution in [2.24, 2.45) is 10.8 Å². The first-order chi connectivity index (χ1) is 9.66. The summed E-state index contributed by atoms with van der Waals surface area (Å²) in [5, 5.41) is 7.32. The first-order valence-corrected chi connectivity index (χ1v) is 6.15. The second-order valence-corrected chi connectivity index (χ2v) is 4.50. The lowest BCUT2D eigenvalue weighted by atomic mass is 10.2. The molecule has 0 aliphatic carbocycles. The van der Waals surface area contributed by atoms with Crippen LogP contribution in [0.3, 0.4) is 0 Å². The smallest absolute Gasteiger partial charge is 0.280 e. The van der Waals surface area contributed by atoms with E-state index in [1.165, 1.54) is 10.7 Å². The Morgan fingerprint density at radius 2 is 2.30 bits per heavy atom. The largest absolute Gasteiger partial charge is 0.375 e. The third-order valence-electron chi connectivity index (χ3n) is 2.76. The van der Waals surface area contributed by atoms with Crippen molar-refractivity contribution in [3.05, 3.63) is 46.4 Å². The number of nitrogens with zero attached hydrogens (tertiary/aromatic N) is 3. The average Bonchev–Trinajstić information content (AvgIpc) is 2.82. The van der Waals surface area contributed by atoms with Crippen molar-refractivity contribution in [1.82, 2.24) is 20.0 Å². The van der Waals surface area contributed by atoms with Crippen LogP contribution >= 0.6 is 12.2 Å². The molecule has 2 heterocycles. The van der Waals surface area contributed by atoms with Crippen LogP contribution < -0.4 is 16.7 Å². The van der Waals surface area contributed by atoms with E-state index in [9.17, 15) is 4.79 Å². The lowest BCUT2D eigenvalue weighted by Crippen LogP contribution is -2.24. The Morgan fingerprint density at radius 3 is 3.10 bits per heavy atom. The van der Waals surface area contributed by atoms with Crippen LogP contribution in [-0.2, 0) is 0 Å².